The van der Waals surface area contributed by atoms with E-state index in [1.807, 2.05) is 6.92 Å². The average molecular weight is 221 g/mol. The molecule has 0 bridgehead atoms. The number of hydrogen-bond donors (Lipinski definition) is 2. The lowest BCUT2D eigenvalue weighted by molar-refractivity contribution is -0.135. The Hall–Kier alpha value is -2.04. The van der Waals surface area contributed by atoms with E-state index >= 15 is 0 Å². The van der Waals surface area contributed by atoms with E-state index in [1.165, 1.54) is 6.07 Å². The van der Waals surface area contributed by atoms with Gasteiger partial charge in [0.25, 0.3) is 0 Å². The molecule has 1 aliphatic rings. The van der Waals surface area contributed by atoms with Crippen molar-refractivity contribution >= 4 is 17.7 Å². The number of anilines is 1. The van der Waals surface area contributed by atoms with Gasteiger partial charge in [-0.1, -0.05) is 13.0 Å². The zero-order valence-corrected chi connectivity index (χ0v) is 8.69. The molecule has 1 unspecified atom stereocenters. The molecule has 0 spiro atoms. The van der Waals surface area contributed by atoms with Crippen molar-refractivity contribution in [3.63, 3.8) is 0 Å². The van der Waals surface area contributed by atoms with Crippen LogP contribution in [0, 0.1) is 0 Å². The van der Waals surface area contributed by atoms with E-state index < -0.39 is 6.09 Å². The Bertz CT molecular complexity index is 455. The molecule has 1 aliphatic heterocycles. The highest BCUT2D eigenvalue weighted by atomic mass is 16.5. The first-order valence-corrected chi connectivity index (χ1v) is 4.91. The van der Waals surface area contributed by atoms with Crippen molar-refractivity contribution < 1.29 is 19.4 Å². The molecule has 0 aromatic heterocycles. The third-order valence-electron chi connectivity index (χ3n) is 2.49. The fourth-order valence-corrected chi connectivity index (χ4v) is 1.76. The molecule has 0 radical (unpaired) electrons. The topological polar surface area (TPSA) is 75.6 Å². The van der Waals surface area contributed by atoms with E-state index in [2.05, 4.69) is 5.32 Å². The molecule has 1 aromatic carbocycles. The Balaban J connectivity index is 2.34. The van der Waals surface area contributed by atoms with E-state index in [-0.39, 0.29) is 11.9 Å². The summed E-state index contributed by atoms with van der Waals surface area (Å²) in [6.45, 7) is 1.93. The van der Waals surface area contributed by atoms with Crippen molar-refractivity contribution in [3.8, 4) is 5.75 Å². The highest BCUT2D eigenvalue weighted by Gasteiger charge is 2.23. The maximum Gasteiger partial charge on any atom is 0.409 e. The second-order valence-corrected chi connectivity index (χ2v) is 3.76. The number of carboxylic acid groups (broad SMARTS) is 1. The minimum atomic E-state index is -1.14. The van der Waals surface area contributed by atoms with Crippen LogP contribution in [0.3, 0.4) is 0 Å². The second-order valence-electron chi connectivity index (χ2n) is 3.76. The van der Waals surface area contributed by atoms with Gasteiger partial charge >= 0.3 is 12.1 Å². The summed E-state index contributed by atoms with van der Waals surface area (Å²) >= 11 is 0. The molecule has 5 heteroatoms. The summed E-state index contributed by atoms with van der Waals surface area (Å²) in [6.07, 6.45) is -0.784. The molecular weight excluding hydrogens is 210 g/mol. The van der Waals surface area contributed by atoms with Crippen LogP contribution >= 0.6 is 0 Å². The summed E-state index contributed by atoms with van der Waals surface area (Å²) in [7, 11) is 0. The van der Waals surface area contributed by atoms with Gasteiger partial charge in [-0.05, 0) is 17.5 Å². The lowest BCUT2D eigenvalue weighted by atomic mass is 9.94. The van der Waals surface area contributed by atoms with Crippen LogP contribution in [0.4, 0.5) is 10.5 Å². The molecule has 84 valence electrons. The van der Waals surface area contributed by atoms with Gasteiger partial charge in [-0.3, -0.25) is 10.1 Å². The van der Waals surface area contributed by atoms with E-state index in [1.54, 1.807) is 12.1 Å². The maximum atomic E-state index is 11.2. The number of fused-ring (bicyclic) bond motifs is 1. The molecule has 0 saturated carbocycles. The molecular formula is C11H11NO4. The van der Waals surface area contributed by atoms with Crippen LogP contribution in [0.2, 0.25) is 0 Å². The van der Waals surface area contributed by atoms with Gasteiger partial charge < -0.3 is 9.84 Å². The molecule has 0 fully saturated rings. The number of amides is 1. The summed E-state index contributed by atoms with van der Waals surface area (Å²) in [5, 5.41) is 10.8. The van der Waals surface area contributed by atoms with Gasteiger partial charge in [-0.25, -0.2) is 4.79 Å². The van der Waals surface area contributed by atoms with Crippen LogP contribution in [0.1, 0.15) is 24.8 Å². The number of carbonyl (C=O) groups is 2. The van der Waals surface area contributed by atoms with E-state index in [4.69, 9.17) is 9.84 Å². The monoisotopic (exact) mass is 221 g/mol. The summed E-state index contributed by atoms with van der Waals surface area (Å²) in [6, 6.07) is 4.96. The Labute approximate surface area is 92.0 Å². The van der Waals surface area contributed by atoms with Gasteiger partial charge in [-0.2, -0.15) is 0 Å². The number of rotatable bonds is 1. The fourth-order valence-electron chi connectivity index (χ4n) is 1.76. The molecule has 1 aromatic rings. The molecule has 0 saturated heterocycles. The van der Waals surface area contributed by atoms with Crippen LogP contribution in [-0.4, -0.2) is 17.2 Å². The highest BCUT2D eigenvalue weighted by molar-refractivity contribution is 5.84. The Morgan fingerprint density at radius 1 is 1.56 bits per heavy atom. The molecule has 1 heterocycles. The van der Waals surface area contributed by atoms with Gasteiger partial charge in [0, 0.05) is 11.8 Å². The van der Waals surface area contributed by atoms with Crippen LogP contribution in [0.5, 0.6) is 5.75 Å². The zero-order chi connectivity index (χ0) is 11.7. The van der Waals surface area contributed by atoms with Gasteiger partial charge in [0.05, 0.1) is 6.42 Å². The minimum Gasteiger partial charge on any atom is -0.465 e. The molecule has 5 nitrogen and oxygen atoms in total. The van der Waals surface area contributed by atoms with Crippen LogP contribution in [0.25, 0.3) is 0 Å². The van der Waals surface area contributed by atoms with Gasteiger partial charge in [0.1, 0.15) is 5.75 Å². The number of hydrogen-bond acceptors (Lipinski definition) is 3. The quantitative estimate of drug-likeness (QED) is 0.563. The third-order valence-corrected chi connectivity index (χ3v) is 2.49. The smallest absolute Gasteiger partial charge is 0.409 e. The summed E-state index contributed by atoms with van der Waals surface area (Å²) in [5.41, 5.74) is 1.32. The number of esters is 1. The number of benzene rings is 1. The summed E-state index contributed by atoms with van der Waals surface area (Å²) < 4.78 is 5.05. The van der Waals surface area contributed by atoms with E-state index in [0.717, 1.165) is 5.56 Å². The predicted molar refractivity (Wildman–Crippen MR) is 56.8 cm³/mol. The van der Waals surface area contributed by atoms with Gasteiger partial charge in [-0.15, -0.1) is 0 Å². The summed E-state index contributed by atoms with van der Waals surface area (Å²) in [4.78, 5) is 21.7. The van der Waals surface area contributed by atoms with Crippen molar-refractivity contribution in [1.82, 2.24) is 0 Å². The largest absolute Gasteiger partial charge is 0.465 e. The standard InChI is InChI=1S/C11H11NO4/c1-6-4-10(13)16-9-5-7(12-11(14)15)2-3-8(6)9/h2-3,5-6,12H,4H2,1H3,(H,14,15). The van der Waals surface area contributed by atoms with Crippen molar-refractivity contribution in [2.45, 2.75) is 19.3 Å². The molecule has 2 rings (SSSR count). The maximum absolute atomic E-state index is 11.2. The Morgan fingerprint density at radius 2 is 2.31 bits per heavy atom. The second kappa shape index (κ2) is 3.84. The van der Waals surface area contributed by atoms with Crippen molar-refractivity contribution in [1.29, 1.82) is 0 Å². The van der Waals surface area contributed by atoms with Crippen LogP contribution in [0.15, 0.2) is 18.2 Å². The molecule has 0 aliphatic carbocycles. The molecule has 16 heavy (non-hydrogen) atoms. The Morgan fingerprint density at radius 3 is 3.00 bits per heavy atom. The number of carbonyl (C=O) groups excluding carboxylic acids is 1. The Kier molecular flexibility index (Phi) is 2.52. The van der Waals surface area contributed by atoms with E-state index in [9.17, 15) is 9.59 Å². The number of ether oxygens (including phenoxy) is 1. The lowest BCUT2D eigenvalue weighted by Gasteiger charge is -2.21. The normalized spacial score (nSPS) is 18.6. The first kappa shape index (κ1) is 10.5. The first-order chi connectivity index (χ1) is 7.56. The van der Waals surface area contributed by atoms with Crippen LogP contribution < -0.4 is 10.1 Å². The van der Waals surface area contributed by atoms with Crippen LogP contribution in [-0.2, 0) is 4.79 Å². The minimum absolute atomic E-state index is 0.107. The fraction of sp³-hybridized carbons (Fsp3) is 0.273. The van der Waals surface area contributed by atoms with E-state index in [0.29, 0.717) is 17.9 Å². The summed E-state index contributed by atoms with van der Waals surface area (Å²) in [5.74, 6) is 0.262. The first-order valence-electron chi connectivity index (χ1n) is 4.91. The van der Waals surface area contributed by atoms with Crippen molar-refractivity contribution in [2.24, 2.45) is 0 Å². The lowest BCUT2D eigenvalue weighted by Crippen LogP contribution is -2.19. The molecule has 2 N–H and O–H groups in total. The average Bonchev–Trinajstić information content (AvgIpc) is 2.15. The molecule has 1 amide bonds. The van der Waals surface area contributed by atoms with Crippen molar-refractivity contribution in [2.75, 3.05) is 5.32 Å². The number of nitrogens with one attached hydrogen (secondary N) is 1. The molecule has 1 atom stereocenters. The van der Waals surface area contributed by atoms with Crippen molar-refractivity contribution in [3.05, 3.63) is 23.8 Å². The SMILES string of the molecule is CC1CC(=O)Oc2cc(NC(=O)O)ccc21. The highest BCUT2D eigenvalue weighted by Crippen LogP contribution is 2.35. The predicted octanol–water partition coefficient (Wildman–Crippen LogP) is 2.19. The van der Waals surface area contributed by atoms with Gasteiger partial charge in [0.15, 0.2) is 0 Å². The van der Waals surface area contributed by atoms with Gasteiger partial charge in [0.2, 0.25) is 0 Å². The zero-order valence-electron chi connectivity index (χ0n) is 8.69. The third kappa shape index (κ3) is 1.98.